The van der Waals surface area contributed by atoms with Crippen LogP contribution >= 0.6 is 0 Å². The molecule has 5 nitrogen and oxygen atoms in total. The molecule has 0 saturated heterocycles. The van der Waals surface area contributed by atoms with Crippen LogP contribution in [0.1, 0.15) is 42.9 Å². The number of aromatic nitrogens is 2. The number of carbonyl (C=O) groups excluding carboxylic acids is 1. The Morgan fingerprint density at radius 1 is 1.71 bits per heavy atom. The summed E-state index contributed by atoms with van der Waals surface area (Å²) in [6.45, 7) is 0.546. The van der Waals surface area contributed by atoms with Gasteiger partial charge in [0.2, 0.25) is 5.91 Å². The number of primary amides is 1. The molecular weight excluding hydrogens is 216 g/mol. The smallest absolute Gasteiger partial charge is 0.219 e. The summed E-state index contributed by atoms with van der Waals surface area (Å²) in [5, 5.41) is 13.1. The molecule has 0 aliphatic heterocycles. The predicted octanol–water partition coefficient (Wildman–Crippen LogP) is 1.09. The molecule has 1 aliphatic carbocycles. The standard InChI is InChI=1S/C12H16N4O/c13-6-4-9-2-1-3-11-10(9)8-15-16(11)7-5-12(14)17/h8-9H,1-5,7H2,(H2,14,17). The third-order valence-corrected chi connectivity index (χ3v) is 3.29. The van der Waals surface area contributed by atoms with E-state index in [1.807, 2.05) is 10.9 Å². The molecule has 2 rings (SSSR count). The van der Waals surface area contributed by atoms with Gasteiger partial charge in [-0.25, -0.2) is 0 Å². The molecule has 0 saturated carbocycles. The molecule has 1 aromatic heterocycles. The molecule has 2 N–H and O–H groups in total. The van der Waals surface area contributed by atoms with Gasteiger partial charge in [-0.05, 0) is 24.8 Å². The first-order valence-electron chi connectivity index (χ1n) is 5.92. The molecule has 1 aromatic rings. The summed E-state index contributed by atoms with van der Waals surface area (Å²) in [7, 11) is 0. The molecule has 1 unspecified atom stereocenters. The van der Waals surface area contributed by atoms with E-state index in [0.717, 1.165) is 19.3 Å². The van der Waals surface area contributed by atoms with Gasteiger partial charge in [0.25, 0.3) is 0 Å². The Morgan fingerprint density at radius 2 is 2.53 bits per heavy atom. The molecular formula is C12H16N4O. The summed E-state index contributed by atoms with van der Waals surface area (Å²) in [4.78, 5) is 10.8. The van der Waals surface area contributed by atoms with E-state index in [2.05, 4.69) is 11.2 Å². The van der Waals surface area contributed by atoms with Gasteiger partial charge in [-0.3, -0.25) is 9.48 Å². The first-order chi connectivity index (χ1) is 8.22. The number of nitrogens with two attached hydrogens (primary N) is 1. The lowest BCUT2D eigenvalue weighted by molar-refractivity contribution is -0.118. The minimum absolute atomic E-state index is 0.307. The number of aryl methyl sites for hydroxylation is 1. The second-order valence-corrected chi connectivity index (χ2v) is 4.44. The van der Waals surface area contributed by atoms with E-state index >= 15 is 0 Å². The highest BCUT2D eigenvalue weighted by molar-refractivity contribution is 5.73. The topological polar surface area (TPSA) is 84.7 Å². The molecule has 0 bridgehead atoms. The summed E-state index contributed by atoms with van der Waals surface area (Å²) in [6, 6.07) is 2.23. The minimum atomic E-state index is -0.307. The fourth-order valence-corrected chi connectivity index (χ4v) is 2.44. The minimum Gasteiger partial charge on any atom is -0.370 e. The van der Waals surface area contributed by atoms with Crippen LogP contribution in [0.5, 0.6) is 0 Å². The maximum absolute atomic E-state index is 10.8. The summed E-state index contributed by atoms with van der Waals surface area (Å²) >= 11 is 0. The quantitative estimate of drug-likeness (QED) is 0.843. The SMILES string of the molecule is N#CCC1CCCc2c1cnn2CCC(N)=O. The first-order valence-corrected chi connectivity index (χ1v) is 5.92. The predicted molar refractivity (Wildman–Crippen MR) is 61.9 cm³/mol. The number of fused-ring (bicyclic) bond motifs is 1. The first kappa shape index (κ1) is 11.6. The molecule has 90 valence electrons. The van der Waals surface area contributed by atoms with Gasteiger partial charge in [0.05, 0.1) is 12.3 Å². The molecule has 0 radical (unpaired) electrons. The maximum Gasteiger partial charge on any atom is 0.219 e. The van der Waals surface area contributed by atoms with Gasteiger partial charge in [0, 0.05) is 31.0 Å². The summed E-state index contributed by atoms with van der Waals surface area (Å²) < 4.78 is 1.86. The van der Waals surface area contributed by atoms with Crippen molar-refractivity contribution in [2.45, 2.75) is 44.6 Å². The van der Waals surface area contributed by atoms with Gasteiger partial charge in [-0.15, -0.1) is 0 Å². The number of nitrogens with zero attached hydrogens (tertiary/aromatic N) is 3. The van der Waals surface area contributed by atoms with Crippen LogP contribution in [-0.4, -0.2) is 15.7 Å². The fourth-order valence-electron chi connectivity index (χ4n) is 2.44. The number of hydrogen-bond donors (Lipinski definition) is 1. The maximum atomic E-state index is 10.8. The average Bonchev–Trinajstić information content (AvgIpc) is 2.71. The summed E-state index contributed by atoms with van der Waals surface area (Å²) in [5.41, 5.74) is 7.50. The fraction of sp³-hybridized carbons (Fsp3) is 0.583. The van der Waals surface area contributed by atoms with E-state index in [4.69, 9.17) is 11.0 Å². The van der Waals surface area contributed by atoms with Crippen LogP contribution in [-0.2, 0) is 17.8 Å². The zero-order valence-corrected chi connectivity index (χ0v) is 9.72. The van der Waals surface area contributed by atoms with Gasteiger partial charge in [-0.2, -0.15) is 10.4 Å². The van der Waals surface area contributed by atoms with Gasteiger partial charge in [0.15, 0.2) is 0 Å². The van der Waals surface area contributed by atoms with Crippen molar-refractivity contribution in [1.29, 1.82) is 5.26 Å². The van der Waals surface area contributed by atoms with Crippen molar-refractivity contribution < 1.29 is 4.79 Å². The highest BCUT2D eigenvalue weighted by Crippen LogP contribution is 2.33. The average molecular weight is 232 g/mol. The van der Waals surface area contributed by atoms with Crippen molar-refractivity contribution in [2.24, 2.45) is 5.73 Å². The lowest BCUT2D eigenvalue weighted by Crippen LogP contribution is -2.17. The second kappa shape index (κ2) is 5.00. The van der Waals surface area contributed by atoms with Crippen LogP contribution in [0.3, 0.4) is 0 Å². The van der Waals surface area contributed by atoms with Crippen molar-refractivity contribution in [3.8, 4) is 6.07 Å². The van der Waals surface area contributed by atoms with Crippen LogP contribution in [0.4, 0.5) is 0 Å². The summed E-state index contributed by atoms with van der Waals surface area (Å²) in [5.74, 6) is 0.00436. The Labute approximate surface area is 100 Å². The molecule has 17 heavy (non-hydrogen) atoms. The Hall–Kier alpha value is -1.83. The number of amides is 1. The van der Waals surface area contributed by atoms with Gasteiger partial charge in [-0.1, -0.05) is 0 Å². The Bertz CT molecular complexity index is 458. The summed E-state index contributed by atoms with van der Waals surface area (Å²) in [6.07, 6.45) is 5.84. The van der Waals surface area contributed by atoms with Crippen LogP contribution in [0, 0.1) is 11.3 Å². The monoisotopic (exact) mass is 232 g/mol. The molecule has 0 fully saturated rings. The molecule has 0 aromatic carbocycles. The van der Waals surface area contributed by atoms with Gasteiger partial charge in [0.1, 0.15) is 0 Å². The second-order valence-electron chi connectivity index (χ2n) is 4.44. The highest BCUT2D eigenvalue weighted by atomic mass is 16.1. The van der Waals surface area contributed by atoms with E-state index < -0.39 is 0 Å². The lowest BCUT2D eigenvalue weighted by Gasteiger charge is -2.20. The van der Waals surface area contributed by atoms with E-state index in [9.17, 15) is 4.79 Å². The number of carbonyl (C=O) groups is 1. The van der Waals surface area contributed by atoms with Crippen molar-refractivity contribution in [3.05, 3.63) is 17.5 Å². The zero-order valence-electron chi connectivity index (χ0n) is 9.72. The lowest BCUT2D eigenvalue weighted by atomic mass is 9.85. The number of nitriles is 1. The van der Waals surface area contributed by atoms with E-state index in [-0.39, 0.29) is 5.91 Å². The molecule has 1 heterocycles. The van der Waals surface area contributed by atoms with Gasteiger partial charge >= 0.3 is 0 Å². The van der Waals surface area contributed by atoms with Crippen LogP contribution < -0.4 is 5.73 Å². The van der Waals surface area contributed by atoms with Crippen LogP contribution in [0.2, 0.25) is 0 Å². The zero-order chi connectivity index (χ0) is 12.3. The largest absolute Gasteiger partial charge is 0.370 e. The van der Waals surface area contributed by atoms with E-state index in [0.29, 0.717) is 25.3 Å². The van der Waals surface area contributed by atoms with Crippen molar-refractivity contribution >= 4 is 5.91 Å². The number of hydrogen-bond acceptors (Lipinski definition) is 3. The van der Waals surface area contributed by atoms with Crippen LogP contribution in [0.25, 0.3) is 0 Å². The third kappa shape index (κ3) is 2.47. The van der Waals surface area contributed by atoms with Crippen molar-refractivity contribution in [2.75, 3.05) is 0 Å². The van der Waals surface area contributed by atoms with Gasteiger partial charge < -0.3 is 5.73 Å². The van der Waals surface area contributed by atoms with Crippen LogP contribution in [0.15, 0.2) is 6.20 Å². The third-order valence-electron chi connectivity index (χ3n) is 3.29. The van der Waals surface area contributed by atoms with Crippen molar-refractivity contribution in [3.63, 3.8) is 0 Å². The molecule has 5 heteroatoms. The number of rotatable bonds is 4. The molecule has 1 amide bonds. The Kier molecular flexibility index (Phi) is 3.43. The molecule has 1 atom stereocenters. The molecule has 0 spiro atoms. The Morgan fingerprint density at radius 3 is 3.24 bits per heavy atom. The van der Waals surface area contributed by atoms with E-state index in [1.165, 1.54) is 11.3 Å². The molecule has 1 aliphatic rings. The highest BCUT2D eigenvalue weighted by Gasteiger charge is 2.23. The van der Waals surface area contributed by atoms with Crippen molar-refractivity contribution in [1.82, 2.24) is 9.78 Å². The van der Waals surface area contributed by atoms with E-state index in [1.54, 1.807) is 0 Å². The Balaban J connectivity index is 2.16. The normalized spacial score (nSPS) is 18.4.